The molecule has 2 rings (SSSR count). The summed E-state index contributed by atoms with van der Waals surface area (Å²) in [7, 11) is 0. The minimum atomic E-state index is 0.240. The first kappa shape index (κ1) is 9.97. The SMILES string of the molecule is CC1CCCCC1NC(=O)C1CNC1. The average molecular weight is 196 g/mol. The predicted molar refractivity (Wildman–Crippen MR) is 55.9 cm³/mol. The van der Waals surface area contributed by atoms with Crippen LogP contribution in [0, 0.1) is 11.8 Å². The molecule has 3 nitrogen and oxygen atoms in total. The van der Waals surface area contributed by atoms with Crippen molar-refractivity contribution in [3.05, 3.63) is 0 Å². The summed E-state index contributed by atoms with van der Waals surface area (Å²) in [4.78, 5) is 11.7. The summed E-state index contributed by atoms with van der Waals surface area (Å²) in [5, 5.41) is 6.32. The van der Waals surface area contributed by atoms with Crippen LogP contribution in [0.15, 0.2) is 0 Å². The van der Waals surface area contributed by atoms with Crippen LogP contribution in [0.25, 0.3) is 0 Å². The van der Waals surface area contributed by atoms with Crippen LogP contribution in [-0.4, -0.2) is 25.0 Å². The number of carbonyl (C=O) groups excluding carboxylic acids is 1. The normalized spacial score (nSPS) is 33.5. The third-order valence-corrected chi connectivity index (χ3v) is 3.59. The molecule has 1 aliphatic heterocycles. The van der Waals surface area contributed by atoms with Crippen molar-refractivity contribution >= 4 is 5.91 Å². The Bertz CT molecular complexity index is 213. The fourth-order valence-corrected chi connectivity index (χ4v) is 2.31. The van der Waals surface area contributed by atoms with E-state index < -0.39 is 0 Å². The predicted octanol–water partition coefficient (Wildman–Crippen LogP) is 0.901. The molecule has 0 bridgehead atoms. The maximum absolute atomic E-state index is 11.7. The van der Waals surface area contributed by atoms with E-state index in [0.29, 0.717) is 12.0 Å². The number of amides is 1. The Kier molecular flexibility index (Phi) is 3.06. The van der Waals surface area contributed by atoms with Crippen molar-refractivity contribution in [1.29, 1.82) is 0 Å². The first-order chi connectivity index (χ1) is 6.77. The van der Waals surface area contributed by atoms with E-state index in [4.69, 9.17) is 0 Å². The van der Waals surface area contributed by atoms with Crippen LogP contribution >= 0.6 is 0 Å². The van der Waals surface area contributed by atoms with Crippen LogP contribution in [0.3, 0.4) is 0 Å². The van der Waals surface area contributed by atoms with Gasteiger partial charge in [0.25, 0.3) is 0 Å². The minimum Gasteiger partial charge on any atom is -0.353 e. The highest BCUT2D eigenvalue weighted by molar-refractivity contribution is 5.80. The summed E-state index contributed by atoms with van der Waals surface area (Å²) in [6.45, 7) is 3.99. The second kappa shape index (κ2) is 4.30. The maximum Gasteiger partial charge on any atom is 0.225 e. The lowest BCUT2D eigenvalue weighted by atomic mass is 9.85. The van der Waals surface area contributed by atoms with Crippen molar-refractivity contribution in [2.75, 3.05) is 13.1 Å². The molecule has 1 heterocycles. The number of hydrogen-bond acceptors (Lipinski definition) is 2. The average Bonchev–Trinajstić information content (AvgIpc) is 2.05. The van der Waals surface area contributed by atoms with Crippen LogP contribution in [0.2, 0.25) is 0 Å². The Morgan fingerprint density at radius 2 is 2.00 bits per heavy atom. The first-order valence-corrected chi connectivity index (χ1v) is 5.78. The summed E-state index contributed by atoms with van der Waals surface area (Å²) in [6.07, 6.45) is 5.05. The smallest absolute Gasteiger partial charge is 0.225 e. The van der Waals surface area contributed by atoms with Crippen LogP contribution in [0.4, 0.5) is 0 Å². The molecule has 0 aromatic carbocycles. The van der Waals surface area contributed by atoms with Gasteiger partial charge >= 0.3 is 0 Å². The first-order valence-electron chi connectivity index (χ1n) is 5.78. The molecular weight excluding hydrogens is 176 g/mol. The van der Waals surface area contributed by atoms with Gasteiger partial charge in [-0.15, -0.1) is 0 Å². The zero-order valence-corrected chi connectivity index (χ0v) is 8.88. The molecule has 14 heavy (non-hydrogen) atoms. The quantitative estimate of drug-likeness (QED) is 0.689. The molecule has 1 amide bonds. The van der Waals surface area contributed by atoms with Crippen molar-refractivity contribution in [2.45, 2.75) is 38.6 Å². The van der Waals surface area contributed by atoms with E-state index in [1.165, 1.54) is 25.7 Å². The molecule has 3 heteroatoms. The van der Waals surface area contributed by atoms with Gasteiger partial charge in [0.05, 0.1) is 5.92 Å². The molecule has 2 atom stereocenters. The van der Waals surface area contributed by atoms with Gasteiger partial charge in [-0.25, -0.2) is 0 Å². The van der Waals surface area contributed by atoms with E-state index in [2.05, 4.69) is 17.6 Å². The lowest BCUT2D eigenvalue weighted by Crippen LogP contribution is -2.54. The topological polar surface area (TPSA) is 41.1 Å². The Hall–Kier alpha value is -0.570. The Morgan fingerprint density at radius 3 is 2.57 bits per heavy atom. The number of hydrogen-bond donors (Lipinski definition) is 2. The molecule has 1 aliphatic carbocycles. The number of carbonyl (C=O) groups is 1. The Balaban J connectivity index is 1.79. The van der Waals surface area contributed by atoms with E-state index in [9.17, 15) is 4.79 Å². The van der Waals surface area contributed by atoms with E-state index in [-0.39, 0.29) is 11.8 Å². The van der Waals surface area contributed by atoms with Gasteiger partial charge in [0, 0.05) is 19.1 Å². The van der Waals surface area contributed by atoms with Crippen molar-refractivity contribution in [3.8, 4) is 0 Å². The van der Waals surface area contributed by atoms with E-state index >= 15 is 0 Å². The molecular formula is C11H20N2O. The second-order valence-corrected chi connectivity index (χ2v) is 4.73. The monoisotopic (exact) mass is 196 g/mol. The molecule has 80 valence electrons. The van der Waals surface area contributed by atoms with E-state index in [0.717, 1.165) is 13.1 Å². The molecule has 0 radical (unpaired) electrons. The summed E-state index contributed by atoms with van der Waals surface area (Å²) in [5.41, 5.74) is 0. The highest BCUT2D eigenvalue weighted by Gasteiger charge is 2.29. The zero-order valence-electron chi connectivity index (χ0n) is 8.88. The second-order valence-electron chi connectivity index (χ2n) is 4.73. The van der Waals surface area contributed by atoms with Gasteiger partial charge in [-0.2, -0.15) is 0 Å². The molecule has 1 saturated heterocycles. The Morgan fingerprint density at radius 1 is 1.29 bits per heavy atom. The van der Waals surface area contributed by atoms with E-state index in [1.54, 1.807) is 0 Å². The zero-order chi connectivity index (χ0) is 9.97. The van der Waals surface area contributed by atoms with Gasteiger partial charge in [-0.1, -0.05) is 19.8 Å². The lowest BCUT2D eigenvalue weighted by molar-refractivity contribution is -0.127. The molecule has 1 saturated carbocycles. The largest absolute Gasteiger partial charge is 0.353 e. The maximum atomic E-state index is 11.7. The molecule has 2 N–H and O–H groups in total. The number of nitrogens with one attached hydrogen (secondary N) is 2. The highest BCUT2D eigenvalue weighted by Crippen LogP contribution is 2.24. The third-order valence-electron chi connectivity index (χ3n) is 3.59. The van der Waals surface area contributed by atoms with Gasteiger partial charge in [-0.05, 0) is 18.8 Å². The van der Waals surface area contributed by atoms with Crippen LogP contribution in [-0.2, 0) is 4.79 Å². The summed E-state index contributed by atoms with van der Waals surface area (Å²) in [5.74, 6) is 1.17. The van der Waals surface area contributed by atoms with Crippen LogP contribution in [0.5, 0.6) is 0 Å². The highest BCUT2D eigenvalue weighted by atomic mass is 16.2. The van der Waals surface area contributed by atoms with Gasteiger partial charge in [-0.3, -0.25) is 4.79 Å². The van der Waals surface area contributed by atoms with Crippen molar-refractivity contribution in [1.82, 2.24) is 10.6 Å². The van der Waals surface area contributed by atoms with Gasteiger partial charge in [0.2, 0.25) is 5.91 Å². The van der Waals surface area contributed by atoms with Crippen molar-refractivity contribution in [3.63, 3.8) is 0 Å². The Labute approximate surface area is 85.6 Å². The fourth-order valence-electron chi connectivity index (χ4n) is 2.31. The van der Waals surface area contributed by atoms with Gasteiger partial charge in [0.15, 0.2) is 0 Å². The van der Waals surface area contributed by atoms with Crippen molar-refractivity contribution in [2.24, 2.45) is 11.8 Å². The van der Waals surface area contributed by atoms with Crippen LogP contribution in [0.1, 0.15) is 32.6 Å². The molecule has 2 fully saturated rings. The molecule has 0 aromatic rings. The van der Waals surface area contributed by atoms with E-state index in [1.807, 2.05) is 0 Å². The lowest BCUT2D eigenvalue weighted by Gasteiger charge is -2.33. The minimum absolute atomic E-state index is 0.240. The fraction of sp³-hybridized carbons (Fsp3) is 0.909. The third kappa shape index (κ3) is 2.08. The van der Waals surface area contributed by atoms with Crippen molar-refractivity contribution < 1.29 is 4.79 Å². The molecule has 0 aromatic heterocycles. The summed E-state index contributed by atoms with van der Waals surface area (Å²) in [6, 6.07) is 0.442. The van der Waals surface area contributed by atoms with Gasteiger partial charge in [0.1, 0.15) is 0 Å². The number of rotatable bonds is 2. The summed E-state index contributed by atoms with van der Waals surface area (Å²) < 4.78 is 0. The molecule has 2 unspecified atom stereocenters. The summed E-state index contributed by atoms with van der Waals surface area (Å²) >= 11 is 0. The molecule has 2 aliphatic rings. The standard InChI is InChI=1S/C11H20N2O/c1-8-4-2-3-5-10(8)13-11(14)9-6-12-7-9/h8-10,12H,2-7H2,1H3,(H,13,14). The van der Waals surface area contributed by atoms with Gasteiger partial charge < -0.3 is 10.6 Å². The van der Waals surface area contributed by atoms with Crippen LogP contribution < -0.4 is 10.6 Å². The molecule has 0 spiro atoms.